The lowest BCUT2D eigenvalue weighted by molar-refractivity contribution is 0.0965. The summed E-state index contributed by atoms with van der Waals surface area (Å²) in [6.07, 6.45) is 2.67. The van der Waals surface area contributed by atoms with Gasteiger partial charge in [-0.05, 0) is 42.2 Å². The minimum atomic E-state index is -3.52. The molecule has 0 unspecified atom stereocenters. The van der Waals surface area contributed by atoms with Crippen LogP contribution in [0.1, 0.15) is 46.3 Å². The molecule has 4 rings (SSSR count). The summed E-state index contributed by atoms with van der Waals surface area (Å²) in [6, 6.07) is 5.65. The van der Waals surface area contributed by atoms with Gasteiger partial charge in [0.1, 0.15) is 17.2 Å². The van der Waals surface area contributed by atoms with Gasteiger partial charge in [-0.2, -0.15) is 0 Å². The number of hydrogen-bond acceptors (Lipinski definition) is 8. The zero-order valence-corrected chi connectivity index (χ0v) is 23.1. The Hall–Kier alpha value is -2.89. The number of amides is 1. The highest BCUT2D eigenvalue weighted by Gasteiger charge is 2.25. The molecule has 0 atom stereocenters. The first kappa shape index (κ1) is 26.2. The van der Waals surface area contributed by atoms with Crippen molar-refractivity contribution in [1.82, 2.24) is 15.3 Å². The fourth-order valence-electron chi connectivity index (χ4n) is 4.04. The Morgan fingerprint density at radius 3 is 2.67 bits per heavy atom. The summed E-state index contributed by atoms with van der Waals surface area (Å²) in [7, 11) is -1.90. The van der Waals surface area contributed by atoms with Crippen LogP contribution in [0.2, 0.25) is 5.15 Å². The van der Waals surface area contributed by atoms with Gasteiger partial charge in [0.05, 0.1) is 24.2 Å². The smallest absolute Gasteiger partial charge is 0.263 e. The van der Waals surface area contributed by atoms with Crippen LogP contribution < -0.4 is 19.7 Å². The number of hydrogen-bond donors (Lipinski definition) is 2. The number of anilines is 2. The molecule has 2 N–H and O–H groups in total. The van der Waals surface area contributed by atoms with E-state index in [0.29, 0.717) is 30.1 Å². The van der Waals surface area contributed by atoms with Gasteiger partial charge in [-0.25, -0.2) is 18.4 Å². The summed E-state index contributed by atoms with van der Waals surface area (Å²) < 4.78 is 32.0. The molecule has 192 valence electrons. The molecule has 0 spiro atoms. The molecule has 1 amide bonds. The van der Waals surface area contributed by atoms with Gasteiger partial charge in [-0.15, -0.1) is 0 Å². The first-order valence-electron chi connectivity index (χ1n) is 11.3. The van der Waals surface area contributed by atoms with Crippen LogP contribution in [-0.4, -0.2) is 50.7 Å². The summed E-state index contributed by atoms with van der Waals surface area (Å²) >= 11 is 7.50. The van der Waals surface area contributed by atoms with Crippen LogP contribution in [0.4, 0.5) is 10.8 Å². The summed E-state index contributed by atoms with van der Waals surface area (Å²) in [5.74, 6) is 0.782. The number of nitrogens with one attached hydrogen (secondary N) is 2. The van der Waals surface area contributed by atoms with Crippen LogP contribution in [0.25, 0.3) is 11.1 Å². The summed E-state index contributed by atoms with van der Waals surface area (Å²) in [5, 5.41) is 3.55. The largest absolute Gasteiger partial charge is 0.491 e. The molecule has 0 aliphatic carbocycles. The van der Waals surface area contributed by atoms with E-state index in [9.17, 15) is 13.2 Å². The molecule has 36 heavy (non-hydrogen) atoms. The third kappa shape index (κ3) is 5.58. The number of pyridine rings is 1. The fraction of sp³-hybridized carbons (Fsp3) is 0.375. The number of carbonyl (C=O) groups excluding carboxylic acids is 1. The molecule has 0 saturated carbocycles. The van der Waals surface area contributed by atoms with Crippen molar-refractivity contribution in [1.29, 1.82) is 0 Å². The third-order valence-corrected chi connectivity index (χ3v) is 7.70. The van der Waals surface area contributed by atoms with Crippen LogP contribution >= 0.6 is 22.9 Å². The van der Waals surface area contributed by atoms with E-state index >= 15 is 0 Å². The summed E-state index contributed by atoms with van der Waals surface area (Å²) in [4.78, 5) is 24.2. The maximum Gasteiger partial charge on any atom is 0.263 e. The molecule has 0 fully saturated rings. The maximum atomic E-state index is 12.4. The molecular formula is C24H28ClN5O4S2. The SMILES string of the molecule is CNC(=O)c1sc(N2CCOc3c(C)cc(-c4cnc(Cl)c(NS(C)(=O)=O)c4)cc3C2)nc1C(C)C. The average molecular weight is 550 g/mol. The number of rotatable bonds is 6. The minimum Gasteiger partial charge on any atom is -0.491 e. The summed E-state index contributed by atoms with van der Waals surface area (Å²) in [5.41, 5.74) is 4.47. The van der Waals surface area contributed by atoms with Crippen molar-refractivity contribution in [3.63, 3.8) is 0 Å². The minimum absolute atomic E-state index is 0.0711. The quantitative estimate of drug-likeness (QED) is 0.437. The van der Waals surface area contributed by atoms with Crippen LogP contribution in [0.5, 0.6) is 5.75 Å². The topological polar surface area (TPSA) is 114 Å². The number of aryl methyl sites for hydroxylation is 1. The van der Waals surface area contributed by atoms with Crippen LogP contribution in [0.15, 0.2) is 24.4 Å². The lowest BCUT2D eigenvalue weighted by Crippen LogP contribution is -2.25. The molecule has 1 aromatic carbocycles. The van der Waals surface area contributed by atoms with Crippen LogP contribution in [0, 0.1) is 6.92 Å². The molecule has 3 aromatic rings. The van der Waals surface area contributed by atoms with Gasteiger partial charge in [0, 0.05) is 30.9 Å². The van der Waals surface area contributed by atoms with E-state index < -0.39 is 10.0 Å². The van der Waals surface area contributed by atoms with Gasteiger partial charge in [-0.3, -0.25) is 9.52 Å². The van der Waals surface area contributed by atoms with Crippen LogP contribution in [0.3, 0.4) is 0 Å². The number of aromatic nitrogens is 2. The number of carbonyl (C=O) groups is 1. The number of sulfonamides is 1. The van der Waals surface area contributed by atoms with E-state index in [4.69, 9.17) is 21.3 Å². The van der Waals surface area contributed by atoms with Gasteiger partial charge in [0.15, 0.2) is 10.3 Å². The standard InChI is InChI=1S/C24H28ClN5O4S2/c1-13(2)19-21(23(31)26-4)35-24(28-19)30-6-7-34-20-14(3)8-15(9-17(20)12-30)16-10-18(22(25)27-11-16)29-36(5,32)33/h8-11,13,29H,6-7,12H2,1-5H3,(H,26,31). The lowest BCUT2D eigenvalue weighted by Gasteiger charge is -2.19. The normalized spacial score (nSPS) is 13.7. The molecule has 1 aliphatic rings. The third-order valence-electron chi connectivity index (χ3n) is 5.68. The van der Waals surface area contributed by atoms with Gasteiger partial charge in [0.25, 0.3) is 5.91 Å². The zero-order chi connectivity index (χ0) is 26.2. The first-order valence-corrected chi connectivity index (χ1v) is 14.4. The second kappa shape index (κ2) is 10.2. The van der Waals surface area contributed by atoms with E-state index in [1.807, 2.05) is 32.9 Å². The Kier molecular flexibility index (Phi) is 7.44. The zero-order valence-electron chi connectivity index (χ0n) is 20.7. The molecule has 0 bridgehead atoms. The van der Waals surface area contributed by atoms with Crippen molar-refractivity contribution in [3.8, 4) is 16.9 Å². The second-order valence-corrected chi connectivity index (χ2v) is 12.0. The summed E-state index contributed by atoms with van der Waals surface area (Å²) in [6.45, 7) is 7.65. The fourth-order valence-corrected chi connectivity index (χ4v) is 6.00. The van der Waals surface area contributed by atoms with E-state index in [1.165, 1.54) is 11.3 Å². The van der Waals surface area contributed by atoms with E-state index in [-0.39, 0.29) is 22.7 Å². The molecule has 2 aromatic heterocycles. The Morgan fingerprint density at radius 2 is 2.00 bits per heavy atom. The van der Waals surface area contributed by atoms with Crippen molar-refractivity contribution in [2.75, 3.05) is 36.1 Å². The van der Waals surface area contributed by atoms with Crippen molar-refractivity contribution in [2.45, 2.75) is 33.2 Å². The van der Waals surface area contributed by atoms with E-state index in [1.54, 1.807) is 19.3 Å². The number of thiazole rings is 1. The average Bonchev–Trinajstić information content (AvgIpc) is 3.14. The lowest BCUT2D eigenvalue weighted by atomic mass is 10.00. The van der Waals surface area contributed by atoms with Gasteiger partial charge < -0.3 is 15.0 Å². The van der Waals surface area contributed by atoms with Crippen molar-refractivity contribution in [2.24, 2.45) is 0 Å². The molecule has 0 saturated heterocycles. The number of ether oxygens (including phenoxy) is 1. The number of benzene rings is 1. The van der Waals surface area contributed by atoms with Gasteiger partial charge >= 0.3 is 0 Å². The molecule has 9 nitrogen and oxygen atoms in total. The first-order chi connectivity index (χ1) is 17.0. The van der Waals surface area contributed by atoms with Crippen molar-refractivity contribution in [3.05, 3.63) is 51.2 Å². The van der Waals surface area contributed by atoms with E-state index in [2.05, 4.69) is 19.9 Å². The second-order valence-electron chi connectivity index (χ2n) is 8.93. The Labute approximate surface area is 219 Å². The number of fused-ring (bicyclic) bond motifs is 1. The Balaban J connectivity index is 1.72. The predicted octanol–water partition coefficient (Wildman–Crippen LogP) is 4.42. The number of nitrogens with zero attached hydrogens (tertiary/aromatic N) is 3. The van der Waals surface area contributed by atoms with Gasteiger partial charge in [0.2, 0.25) is 10.0 Å². The highest BCUT2D eigenvalue weighted by molar-refractivity contribution is 7.92. The highest BCUT2D eigenvalue weighted by Crippen LogP contribution is 2.37. The van der Waals surface area contributed by atoms with Gasteiger partial charge in [-0.1, -0.05) is 36.8 Å². The highest BCUT2D eigenvalue weighted by atomic mass is 35.5. The molecule has 12 heteroatoms. The maximum absolute atomic E-state index is 12.4. The molecule has 3 heterocycles. The Bertz CT molecular complexity index is 1420. The predicted molar refractivity (Wildman–Crippen MR) is 144 cm³/mol. The van der Waals surface area contributed by atoms with Crippen molar-refractivity contribution >= 4 is 49.7 Å². The van der Waals surface area contributed by atoms with E-state index in [0.717, 1.165) is 39.5 Å². The Morgan fingerprint density at radius 1 is 1.25 bits per heavy atom. The molecule has 0 radical (unpaired) electrons. The molecule has 1 aliphatic heterocycles. The van der Waals surface area contributed by atoms with Crippen LogP contribution in [-0.2, 0) is 16.6 Å². The molecular weight excluding hydrogens is 522 g/mol. The monoisotopic (exact) mass is 549 g/mol. The van der Waals surface area contributed by atoms with Crippen molar-refractivity contribution < 1.29 is 17.9 Å². The number of halogens is 1.